The molecule has 0 spiro atoms. The molecule has 6 rings (SSSR count). The van der Waals surface area contributed by atoms with Crippen LogP contribution in [0.15, 0.2) is 48.5 Å². The summed E-state index contributed by atoms with van der Waals surface area (Å²) in [6, 6.07) is 15.7. The maximum atomic E-state index is 12.5. The number of aliphatic hydroxyl groups is 7. The quantitative estimate of drug-likeness (QED) is 0.0933. The molecule has 3 heterocycles. The van der Waals surface area contributed by atoms with Crippen molar-refractivity contribution in [2.45, 2.75) is 98.9 Å². The third kappa shape index (κ3) is 8.38. The van der Waals surface area contributed by atoms with Crippen LogP contribution in [0.4, 0.5) is 4.79 Å². The third-order valence-electron chi connectivity index (χ3n) is 10.3. The molecule has 20 heteroatoms. The van der Waals surface area contributed by atoms with Crippen molar-refractivity contribution < 1.29 is 93.5 Å². The standard InChI is InChI=1S/C36H45NO19/c1-14-21(39)27(53-35-25(43)22(40)23(41)29(55-35)31(45)46)20(12-38)52-33(14)54-28-24(42)26(44)34(56-30(28)32(47)48)50-11-10-37-36(49)51-13-19-17-8-4-2-6-15(17)16-7-3-5-9-18(16)19/h2-9,14,19-30,33-35,38-44H,10-13H2,1H3,(H,37,49)(H,45,46)(H,47,48)/t14?,20?,21-,22?,23+,24?,25+,26+,27-,28+,29?,30?,33-,34-,35-/m1/s1. The molecule has 0 bridgehead atoms. The Morgan fingerprint density at radius 3 is 1.86 bits per heavy atom. The number of carboxylic acid groups (broad SMARTS) is 2. The topological polar surface area (TPSA) is 310 Å². The maximum Gasteiger partial charge on any atom is 0.407 e. The van der Waals surface area contributed by atoms with Crippen LogP contribution in [-0.4, -0.2) is 176 Å². The average molecular weight is 796 g/mol. The average Bonchev–Trinajstić information content (AvgIpc) is 3.50. The highest BCUT2D eigenvalue weighted by Crippen LogP contribution is 2.44. The number of amides is 1. The van der Waals surface area contributed by atoms with E-state index in [-0.39, 0.29) is 25.7 Å². The molecule has 56 heavy (non-hydrogen) atoms. The highest BCUT2D eigenvalue weighted by molar-refractivity contribution is 5.79. The van der Waals surface area contributed by atoms with E-state index >= 15 is 0 Å². The second-order valence-corrected chi connectivity index (χ2v) is 13.9. The van der Waals surface area contributed by atoms with Crippen molar-refractivity contribution in [3.8, 4) is 11.1 Å². The number of alkyl carbamates (subject to hydrolysis) is 1. The number of hydrogen-bond donors (Lipinski definition) is 10. The van der Waals surface area contributed by atoms with E-state index in [1.54, 1.807) is 0 Å². The minimum absolute atomic E-state index is 0.0620. The molecule has 2 aromatic carbocycles. The number of aliphatic carboxylic acids is 2. The number of benzene rings is 2. The molecule has 0 aromatic heterocycles. The number of hydrogen-bond acceptors (Lipinski definition) is 17. The Kier molecular flexibility index (Phi) is 13.2. The second kappa shape index (κ2) is 17.7. The summed E-state index contributed by atoms with van der Waals surface area (Å²) in [6.45, 7) is 0.0982. The number of fused-ring (bicyclic) bond motifs is 3. The minimum atomic E-state index is -2.02. The lowest BCUT2D eigenvalue weighted by Crippen LogP contribution is -2.65. The number of aliphatic hydroxyl groups excluding tert-OH is 7. The highest BCUT2D eigenvalue weighted by Gasteiger charge is 2.54. The van der Waals surface area contributed by atoms with Gasteiger partial charge in [-0.25, -0.2) is 14.4 Å². The molecular weight excluding hydrogens is 750 g/mol. The number of nitrogens with one attached hydrogen (secondary N) is 1. The fourth-order valence-corrected chi connectivity index (χ4v) is 7.30. The molecule has 10 N–H and O–H groups in total. The number of ether oxygens (including phenoxy) is 7. The monoisotopic (exact) mass is 795 g/mol. The van der Waals surface area contributed by atoms with Crippen LogP contribution >= 0.6 is 0 Å². The molecular formula is C36H45NO19. The second-order valence-electron chi connectivity index (χ2n) is 13.9. The molecule has 6 unspecified atom stereocenters. The van der Waals surface area contributed by atoms with Gasteiger partial charge in [0.15, 0.2) is 31.1 Å². The van der Waals surface area contributed by atoms with E-state index in [1.165, 1.54) is 6.92 Å². The van der Waals surface area contributed by atoms with Crippen LogP contribution in [-0.2, 0) is 42.7 Å². The van der Waals surface area contributed by atoms with Gasteiger partial charge in [-0.15, -0.1) is 0 Å². The van der Waals surface area contributed by atoms with E-state index in [9.17, 15) is 60.3 Å². The molecule has 0 radical (unpaired) electrons. The van der Waals surface area contributed by atoms with Gasteiger partial charge in [-0.05, 0) is 22.3 Å². The van der Waals surface area contributed by atoms with Gasteiger partial charge in [0, 0.05) is 18.4 Å². The van der Waals surface area contributed by atoms with Crippen molar-refractivity contribution in [3.63, 3.8) is 0 Å². The van der Waals surface area contributed by atoms with Gasteiger partial charge in [0.05, 0.1) is 19.3 Å². The van der Waals surface area contributed by atoms with Crippen molar-refractivity contribution in [1.82, 2.24) is 5.32 Å². The molecule has 15 atom stereocenters. The fourth-order valence-electron chi connectivity index (χ4n) is 7.30. The van der Waals surface area contributed by atoms with Crippen LogP contribution in [0.1, 0.15) is 24.0 Å². The summed E-state index contributed by atoms with van der Waals surface area (Å²) >= 11 is 0. The first-order chi connectivity index (χ1) is 26.7. The van der Waals surface area contributed by atoms with E-state index < -0.39 is 117 Å². The zero-order valence-electron chi connectivity index (χ0n) is 29.8. The number of carbonyl (C=O) groups excluding carboxylic acids is 1. The molecule has 20 nitrogen and oxygen atoms in total. The van der Waals surface area contributed by atoms with Gasteiger partial charge < -0.3 is 84.4 Å². The van der Waals surface area contributed by atoms with Crippen LogP contribution in [0.2, 0.25) is 0 Å². The smallest absolute Gasteiger partial charge is 0.407 e. The maximum absolute atomic E-state index is 12.5. The number of carbonyl (C=O) groups is 3. The first kappa shape index (κ1) is 41.8. The largest absolute Gasteiger partial charge is 0.479 e. The van der Waals surface area contributed by atoms with E-state index in [0.29, 0.717) is 0 Å². The van der Waals surface area contributed by atoms with Crippen molar-refractivity contribution in [3.05, 3.63) is 59.7 Å². The molecule has 3 fully saturated rings. The Morgan fingerprint density at radius 2 is 1.25 bits per heavy atom. The fraction of sp³-hybridized carbons (Fsp3) is 0.583. The lowest BCUT2D eigenvalue weighted by molar-refractivity contribution is -0.367. The lowest BCUT2D eigenvalue weighted by Gasteiger charge is -2.48. The van der Waals surface area contributed by atoms with Crippen LogP contribution in [0.25, 0.3) is 11.1 Å². The Bertz CT molecular complexity index is 1650. The third-order valence-corrected chi connectivity index (χ3v) is 10.3. The van der Waals surface area contributed by atoms with E-state index in [1.807, 2.05) is 48.5 Å². The molecule has 308 valence electrons. The molecule has 0 saturated carbocycles. The predicted molar refractivity (Wildman–Crippen MR) is 182 cm³/mol. The van der Waals surface area contributed by atoms with E-state index in [4.69, 9.17) is 33.2 Å². The Morgan fingerprint density at radius 1 is 0.679 bits per heavy atom. The first-order valence-corrected chi connectivity index (χ1v) is 17.9. The van der Waals surface area contributed by atoms with Gasteiger partial charge in [0.1, 0.15) is 55.4 Å². The van der Waals surface area contributed by atoms with E-state index in [0.717, 1.165) is 22.3 Å². The summed E-state index contributed by atoms with van der Waals surface area (Å²) in [5.74, 6) is -4.63. The minimum Gasteiger partial charge on any atom is -0.479 e. The summed E-state index contributed by atoms with van der Waals surface area (Å²) in [4.78, 5) is 36.3. The van der Waals surface area contributed by atoms with Crippen LogP contribution < -0.4 is 5.32 Å². The van der Waals surface area contributed by atoms with E-state index in [2.05, 4.69) is 5.32 Å². The van der Waals surface area contributed by atoms with Gasteiger partial charge in [-0.1, -0.05) is 55.5 Å². The van der Waals surface area contributed by atoms with Crippen LogP contribution in [0.5, 0.6) is 0 Å². The summed E-state index contributed by atoms with van der Waals surface area (Å²) in [5.41, 5.74) is 4.18. The van der Waals surface area contributed by atoms with Crippen molar-refractivity contribution >= 4 is 18.0 Å². The van der Waals surface area contributed by atoms with Crippen molar-refractivity contribution in [2.75, 3.05) is 26.4 Å². The molecule has 3 saturated heterocycles. The normalized spacial score (nSPS) is 37.0. The Hall–Kier alpha value is -3.87. The number of carboxylic acids is 2. The molecule has 3 aliphatic heterocycles. The summed E-state index contributed by atoms with van der Waals surface area (Å²) in [5, 5.41) is 95.2. The van der Waals surface area contributed by atoms with Crippen LogP contribution in [0, 0.1) is 5.92 Å². The zero-order valence-corrected chi connectivity index (χ0v) is 29.8. The summed E-state index contributed by atoms with van der Waals surface area (Å²) < 4.78 is 38.5. The molecule has 2 aromatic rings. The Labute approximate surface area is 318 Å². The summed E-state index contributed by atoms with van der Waals surface area (Å²) in [7, 11) is 0. The molecule has 1 aliphatic carbocycles. The highest BCUT2D eigenvalue weighted by atomic mass is 16.8. The van der Waals surface area contributed by atoms with Gasteiger partial charge >= 0.3 is 18.0 Å². The number of rotatable bonds is 13. The molecule has 1 amide bonds. The zero-order chi connectivity index (χ0) is 40.4. The first-order valence-electron chi connectivity index (χ1n) is 17.9. The lowest BCUT2D eigenvalue weighted by atomic mass is 9.91. The van der Waals surface area contributed by atoms with Gasteiger partial charge in [0.25, 0.3) is 0 Å². The van der Waals surface area contributed by atoms with Crippen LogP contribution in [0.3, 0.4) is 0 Å². The van der Waals surface area contributed by atoms with Crippen molar-refractivity contribution in [2.24, 2.45) is 5.92 Å². The van der Waals surface area contributed by atoms with Gasteiger partial charge in [0.2, 0.25) is 0 Å². The predicted octanol–water partition coefficient (Wildman–Crippen LogP) is -2.55. The Balaban J connectivity index is 1.00. The van der Waals surface area contributed by atoms with Gasteiger partial charge in [-0.3, -0.25) is 0 Å². The summed E-state index contributed by atoms with van der Waals surface area (Å²) in [6.07, 6.45) is -26.3. The molecule has 4 aliphatic rings. The SMILES string of the molecule is CC1[C@@H](O[C@@H]2C(C(=O)O)O[C@@H](OCCNC(=O)OCC3c4ccccc4-c4ccccc43)[C@@H](O)C2O)OC(CO)[C@@H](O[C@@H]2OC(C(=O)O)[C@@H](O)C(O)[C@@H]2O)[C@@H]1O. The van der Waals surface area contributed by atoms with Gasteiger partial charge in [-0.2, -0.15) is 0 Å². The van der Waals surface area contributed by atoms with Crippen molar-refractivity contribution in [1.29, 1.82) is 0 Å².